The fraction of sp³-hybridized carbons (Fsp3) is 0. The normalized spacial score (nSPS) is 11.4. The van der Waals surface area contributed by atoms with Gasteiger partial charge in [-0.1, -0.05) is 11.6 Å². The number of rotatable bonds is 4. The van der Waals surface area contributed by atoms with Gasteiger partial charge >= 0.3 is 0 Å². The second-order valence-electron chi connectivity index (χ2n) is 6.15. The summed E-state index contributed by atoms with van der Waals surface area (Å²) in [6.45, 7) is 0. The summed E-state index contributed by atoms with van der Waals surface area (Å²) in [6.07, 6.45) is 1.16. The minimum Gasteiger partial charge on any atom is -0.867 e. The standard InChI is InChI=1S/C20H10ClF2N3O4/c21-11-5-10(19(27)17(6-11)26(28)29)9-24-13-2-4-18-16(8-13)25-20(30-18)14-3-1-12(22)7-15(14)23/h1-9,27H/p-1. The van der Waals surface area contributed by atoms with E-state index in [1.807, 2.05) is 0 Å². The molecule has 4 aromatic rings. The molecule has 0 atom stereocenters. The third kappa shape index (κ3) is 3.70. The molecule has 10 heteroatoms. The maximum Gasteiger partial charge on any atom is 0.263 e. The van der Waals surface area contributed by atoms with Crippen LogP contribution in [-0.4, -0.2) is 16.1 Å². The fourth-order valence-corrected chi connectivity index (χ4v) is 2.97. The third-order valence-corrected chi connectivity index (χ3v) is 4.36. The molecule has 0 bridgehead atoms. The second-order valence-corrected chi connectivity index (χ2v) is 6.59. The number of halogens is 3. The van der Waals surface area contributed by atoms with Crippen molar-refractivity contribution >= 4 is 40.3 Å². The lowest BCUT2D eigenvalue weighted by Gasteiger charge is -2.10. The summed E-state index contributed by atoms with van der Waals surface area (Å²) in [7, 11) is 0. The third-order valence-electron chi connectivity index (χ3n) is 4.14. The smallest absolute Gasteiger partial charge is 0.263 e. The zero-order chi connectivity index (χ0) is 21.4. The van der Waals surface area contributed by atoms with E-state index in [0.717, 1.165) is 24.4 Å². The summed E-state index contributed by atoms with van der Waals surface area (Å²) in [5.74, 6) is -2.38. The summed E-state index contributed by atoms with van der Waals surface area (Å²) in [5.41, 5.74) is 0.354. The Bertz CT molecular complexity index is 1340. The molecule has 0 saturated carbocycles. The van der Waals surface area contributed by atoms with E-state index in [1.54, 1.807) is 12.1 Å². The number of hydrogen-bond donors (Lipinski definition) is 0. The number of oxazole rings is 1. The number of aromatic nitrogens is 1. The van der Waals surface area contributed by atoms with E-state index in [4.69, 9.17) is 16.0 Å². The summed E-state index contributed by atoms with van der Waals surface area (Å²) in [4.78, 5) is 18.4. The van der Waals surface area contributed by atoms with Gasteiger partial charge in [-0.3, -0.25) is 15.1 Å². The van der Waals surface area contributed by atoms with Crippen LogP contribution in [0.2, 0.25) is 5.02 Å². The molecule has 0 radical (unpaired) electrons. The molecule has 0 fully saturated rings. The van der Waals surface area contributed by atoms with Gasteiger partial charge in [-0.15, -0.1) is 0 Å². The molecular formula is C20H9ClF2N3O4-. The molecule has 0 amide bonds. The highest BCUT2D eigenvalue weighted by Gasteiger charge is 2.14. The molecule has 1 aromatic heterocycles. The zero-order valence-corrected chi connectivity index (χ0v) is 15.6. The molecule has 1 heterocycles. The lowest BCUT2D eigenvalue weighted by molar-refractivity contribution is -0.398. The highest BCUT2D eigenvalue weighted by atomic mass is 35.5. The van der Waals surface area contributed by atoms with Crippen molar-refractivity contribution in [2.45, 2.75) is 0 Å². The van der Waals surface area contributed by atoms with E-state index >= 15 is 0 Å². The zero-order valence-electron chi connectivity index (χ0n) is 14.8. The van der Waals surface area contributed by atoms with E-state index < -0.39 is 28.0 Å². The molecule has 0 aliphatic heterocycles. The minimum absolute atomic E-state index is 0.000107. The van der Waals surface area contributed by atoms with Gasteiger partial charge in [-0.25, -0.2) is 13.8 Å². The Labute approximate surface area is 172 Å². The van der Waals surface area contributed by atoms with Gasteiger partial charge in [0, 0.05) is 23.4 Å². The largest absolute Gasteiger partial charge is 0.867 e. The van der Waals surface area contributed by atoms with Crippen molar-refractivity contribution in [3.63, 3.8) is 0 Å². The average Bonchev–Trinajstić information content (AvgIpc) is 3.11. The fourth-order valence-electron chi connectivity index (χ4n) is 2.75. The number of hydrogen-bond acceptors (Lipinski definition) is 6. The Kier molecular flexibility index (Phi) is 4.88. The average molecular weight is 429 g/mol. The van der Waals surface area contributed by atoms with Gasteiger partial charge < -0.3 is 9.52 Å². The molecule has 30 heavy (non-hydrogen) atoms. The summed E-state index contributed by atoms with van der Waals surface area (Å²) >= 11 is 5.83. The molecule has 7 nitrogen and oxygen atoms in total. The lowest BCUT2D eigenvalue weighted by atomic mass is 10.2. The summed E-state index contributed by atoms with van der Waals surface area (Å²) in [6, 6.07) is 9.89. The van der Waals surface area contributed by atoms with Gasteiger partial charge in [0.15, 0.2) is 5.58 Å². The van der Waals surface area contributed by atoms with Gasteiger partial charge in [0.1, 0.15) is 17.2 Å². The molecule has 0 spiro atoms. The van der Waals surface area contributed by atoms with Crippen LogP contribution in [0.3, 0.4) is 0 Å². The molecule has 0 aliphatic rings. The molecule has 3 aromatic carbocycles. The number of aliphatic imine (C=N–C) groups is 1. The van der Waals surface area contributed by atoms with Crippen molar-refractivity contribution in [2.75, 3.05) is 0 Å². The lowest BCUT2D eigenvalue weighted by Crippen LogP contribution is -2.02. The number of fused-ring (bicyclic) bond motifs is 1. The number of nitro groups is 1. The van der Waals surface area contributed by atoms with Crippen LogP contribution in [0.1, 0.15) is 5.56 Å². The summed E-state index contributed by atoms with van der Waals surface area (Å²) in [5, 5.41) is 23.1. The molecule has 4 rings (SSSR count). The van der Waals surface area contributed by atoms with Crippen LogP contribution in [0, 0.1) is 21.7 Å². The minimum atomic E-state index is -0.816. The van der Waals surface area contributed by atoms with Crippen LogP contribution >= 0.6 is 11.6 Å². The Morgan fingerprint density at radius 2 is 1.93 bits per heavy atom. The molecule has 0 saturated heterocycles. The quantitative estimate of drug-likeness (QED) is 0.253. The highest BCUT2D eigenvalue weighted by Crippen LogP contribution is 2.31. The van der Waals surface area contributed by atoms with Crippen LogP contribution in [0.4, 0.5) is 20.2 Å². The Balaban J connectivity index is 1.69. The first-order valence-corrected chi connectivity index (χ1v) is 8.74. The predicted octanol–water partition coefficient (Wildman–Crippen LogP) is 5.16. The van der Waals surface area contributed by atoms with Crippen molar-refractivity contribution in [3.8, 4) is 17.2 Å². The molecule has 0 N–H and O–H groups in total. The maximum absolute atomic E-state index is 14.0. The van der Waals surface area contributed by atoms with Crippen LogP contribution in [-0.2, 0) is 0 Å². The van der Waals surface area contributed by atoms with Crippen molar-refractivity contribution in [1.29, 1.82) is 0 Å². The Hall–Kier alpha value is -3.85. The molecular weight excluding hydrogens is 420 g/mol. The number of benzene rings is 3. The molecule has 150 valence electrons. The van der Waals surface area contributed by atoms with Crippen LogP contribution in [0.25, 0.3) is 22.6 Å². The second kappa shape index (κ2) is 7.53. The van der Waals surface area contributed by atoms with Gasteiger partial charge in [0.05, 0.1) is 16.2 Å². The van der Waals surface area contributed by atoms with Crippen molar-refractivity contribution in [1.82, 2.24) is 4.98 Å². The predicted molar refractivity (Wildman–Crippen MR) is 104 cm³/mol. The topological polar surface area (TPSA) is 105 Å². The van der Waals surface area contributed by atoms with Gasteiger partial charge in [0.2, 0.25) is 5.89 Å². The van der Waals surface area contributed by atoms with Crippen molar-refractivity contribution in [3.05, 3.63) is 80.9 Å². The summed E-state index contributed by atoms with van der Waals surface area (Å²) < 4.78 is 32.6. The first kappa shape index (κ1) is 19.5. The van der Waals surface area contributed by atoms with Gasteiger partial charge in [0.25, 0.3) is 5.69 Å². The monoisotopic (exact) mass is 428 g/mol. The molecule has 0 unspecified atom stereocenters. The van der Waals surface area contributed by atoms with Crippen molar-refractivity contribution < 1.29 is 23.2 Å². The van der Waals surface area contributed by atoms with E-state index in [-0.39, 0.29) is 22.0 Å². The Morgan fingerprint density at radius 3 is 2.67 bits per heavy atom. The Morgan fingerprint density at radius 1 is 1.13 bits per heavy atom. The molecule has 0 aliphatic carbocycles. The highest BCUT2D eigenvalue weighted by molar-refractivity contribution is 6.31. The number of nitro benzene ring substituents is 1. The SMILES string of the molecule is O=[N+]([O-])c1cc(Cl)cc(C=Nc2ccc3oc(-c4ccc(F)cc4F)nc3c2)c1[O-]. The van der Waals surface area contributed by atoms with E-state index in [9.17, 15) is 24.0 Å². The van der Waals surface area contributed by atoms with E-state index in [0.29, 0.717) is 16.8 Å². The number of nitrogens with zero attached hydrogens (tertiary/aromatic N) is 3. The first-order chi connectivity index (χ1) is 14.3. The van der Waals surface area contributed by atoms with Gasteiger partial charge in [-0.05, 0) is 47.7 Å². The van der Waals surface area contributed by atoms with Crippen LogP contribution in [0.15, 0.2) is 57.9 Å². The first-order valence-electron chi connectivity index (χ1n) is 8.37. The van der Waals surface area contributed by atoms with E-state index in [2.05, 4.69) is 9.98 Å². The van der Waals surface area contributed by atoms with Crippen LogP contribution < -0.4 is 5.11 Å². The maximum atomic E-state index is 14.0. The van der Waals surface area contributed by atoms with E-state index in [1.165, 1.54) is 18.2 Å². The van der Waals surface area contributed by atoms with Crippen molar-refractivity contribution in [2.24, 2.45) is 4.99 Å². The van der Waals surface area contributed by atoms with Crippen LogP contribution in [0.5, 0.6) is 5.75 Å². The van der Waals surface area contributed by atoms with Gasteiger partial charge in [-0.2, -0.15) is 0 Å².